The fraction of sp³-hybridized carbons (Fsp3) is 0. The van der Waals surface area contributed by atoms with E-state index in [1.54, 1.807) is 11.6 Å². The van der Waals surface area contributed by atoms with E-state index in [1.165, 1.54) is 0 Å². The summed E-state index contributed by atoms with van der Waals surface area (Å²) in [7, 11) is -3.25. The molecule has 3 rings (SSSR count). The minimum atomic E-state index is -3.25. The van der Waals surface area contributed by atoms with Gasteiger partial charge in [0.2, 0.25) is 7.29 Å². The van der Waals surface area contributed by atoms with E-state index >= 15 is 0 Å². The minimum absolute atomic E-state index is 0.399. The predicted octanol–water partition coefficient (Wildman–Crippen LogP) is 8.46. The van der Waals surface area contributed by atoms with Crippen molar-refractivity contribution in [3.8, 4) is 0 Å². The van der Waals surface area contributed by atoms with Gasteiger partial charge >= 0.3 is 0 Å². The quantitative estimate of drug-likeness (QED) is 0.251. The van der Waals surface area contributed by atoms with Crippen molar-refractivity contribution in [2.75, 3.05) is 5.09 Å². The Morgan fingerprint density at radius 2 is 1.18 bits per heavy atom. The molecule has 0 saturated heterocycles. The number of hydrogen-bond acceptors (Lipinski definition) is 1. The second kappa shape index (κ2) is 9.80. The van der Waals surface area contributed by atoms with Crippen LogP contribution in [-0.4, -0.2) is 0 Å². The largest absolute Gasteiger partial charge is 0.329 e. The molecule has 0 bridgehead atoms. The molecule has 6 heteroatoms. The van der Waals surface area contributed by atoms with Gasteiger partial charge in [-0.15, -0.1) is 0 Å². The van der Waals surface area contributed by atoms with Crippen LogP contribution in [-0.2, 0) is 4.57 Å². The van der Waals surface area contributed by atoms with Crippen molar-refractivity contribution < 1.29 is 4.57 Å². The van der Waals surface area contributed by atoms with E-state index in [2.05, 4.69) is 27.7 Å². The zero-order valence-corrected chi connectivity index (χ0v) is 19.3. The Labute approximate surface area is 188 Å². The Kier molecular flexibility index (Phi) is 7.42. The van der Waals surface area contributed by atoms with E-state index in [4.69, 9.17) is 23.2 Å². The molecule has 0 radical (unpaired) electrons. The molecule has 0 heterocycles. The second-order valence-corrected chi connectivity index (χ2v) is 10.1. The molecule has 3 aromatic rings. The van der Waals surface area contributed by atoms with Crippen LogP contribution in [0.2, 0.25) is 0 Å². The molecule has 1 N–H and O–H groups in total. The van der Waals surface area contributed by atoms with Crippen LogP contribution < -0.4 is 5.09 Å². The second-order valence-electron chi connectivity index (χ2n) is 5.99. The molecule has 0 unspecified atom stereocenters. The molecular formula is C22H17Cl2INOP. The number of anilines is 1. The number of halogens is 3. The average molecular weight is 540 g/mol. The normalized spacial score (nSPS) is 14.4. The highest BCUT2D eigenvalue weighted by Gasteiger charge is 2.20. The Morgan fingerprint density at radius 1 is 0.750 bits per heavy atom. The molecule has 0 amide bonds. The van der Waals surface area contributed by atoms with Crippen LogP contribution in [0.1, 0.15) is 11.1 Å². The lowest BCUT2D eigenvalue weighted by Crippen LogP contribution is -1.96. The lowest BCUT2D eigenvalue weighted by atomic mass is 10.2. The van der Waals surface area contributed by atoms with E-state index < -0.39 is 7.29 Å². The molecule has 0 atom stereocenters. The fourth-order valence-electron chi connectivity index (χ4n) is 2.52. The Balaban J connectivity index is 2.05. The maximum Gasteiger partial charge on any atom is 0.216 e. The maximum absolute atomic E-state index is 13.9. The molecule has 28 heavy (non-hydrogen) atoms. The first-order chi connectivity index (χ1) is 13.5. The summed E-state index contributed by atoms with van der Waals surface area (Å²) >= 11 is 15.2. The summed E-state index contributed by atoms with van der Waals surface area (Å²) < 4.78 is 14.8. The SMILES string of the molecule is O=P(C=C(Cl)c1ccccc1)(C=C(Cl)c1ccccc1)Nc1ccccc1I. The standard InChI is InChI=1S/C22H17Cl2INOP/c23-19(17-9-3-1-4-10-17)15-28(27,26-22-14-8-7-13-21(22)25)16-20(24)18-11-5-2-6-12-18/h1-16H,(H,26,27). The molecule has 0 aliphatic rings. The van der Waals surface area contributed by atoms with Gasteiger partial charge < -0.3 is 5.09 Å². The number of nitrogens with one attached hydrogen (secondary N) is 1. The number of para-hydroxylation sites is 1. The molecule has 0 spiro atoms. The van der Waals surface area contributed by atoms with Gasteiger partial charge in [-0.25, -0.2) is 0 Å². The summed E-state index contributed by atoms with van der Waals surface area (Å²) in [6.45, 7) is 0. The van der Waals surface area contributed by atoms with Crippen LogP contribution in [0.3, 0.4) is 0 Å². The zero-order valence-electron chi connectivity index (χ0n) is 14.7. The first-order valence-electron chi connectivity index (χ1n) is 8.47. The van der Waals surface area contributed by atoms with Gasteiger partial charge in [-0.3, -0.25) is 4.57 Å². The van der Waals surface area contributed by atoms with E-state index in [0.717, 1.165) is 20.4 Å². The minimum Gasteiger partial charge on any atom is -0.329 e. The average Bonchev–Trinajstić information content (AvgIpc) is 2.71. The zero-order chi connectivity index (χ0) is 20.0. The molecular weight excluding hydrogens is 523 g/mol. The highest BCUT2D eigenvalue weighted by molar-refractivity contribution is 14.1. The molecule has 0 saturated carbocycles. The van der Waals surface area contributed by atoms with Crippen LogP contribution in [0.5, 0.6) is 0 Å². The monoisotopic (exact) mass is 539 g/mol. The van der Waals surface area contributed by atoms with Crippen molar-refractivity contribution in [2.45, 2.75) is 0 Å². The van der Waals surface area contributed by atoms with Gasteiger partial charge in [0.15, 0.2) is 0 Å². The van der Waals surface area contributed by atoms with Crippen LogP contribution in [0.15, 0.2) is 96.6 Å². The predicted molar refractivity (Wildman–Crippen MR) is 131 cm³/mol. The summed E-state index contributed by atoms with van der Waals surface area (Å²) in [6.07, 6.45) is 0. The third-order valence-corrected chi connectivity index (χ3v) is 7.65. The molecule has 0 aliphatic carbocycles. The lowest BCUT2D eigenvalue weighted by molar-refractivity contribution is 0.589. The van der Waals surface area contributed by atoms with E-state index in [0.29, 0.717) is 10.1 Å². The van der Waals surface area contributed by atoms with Crippen LogP contribution in [0, 0.1) is 3.57 Å². The van der Waals surface area contributed by atoms with Gasteiger partial charge in [0.05, 0.1) is 15.8 Å². The van der Waals surface area contributed by atoms with Crippen LogP contribution in [0.4, 0.5) is 5.69 Å². The van der Waals surface area contributed by atoms with Gasteiger partial charge in [0.1, 0.15) is 0 Å². The third kappa shape index (κ3) is 5.74. The molecule has 0 aromatic heterocycles. The lowest BCUT2D eigenvalue weighted by Gasteiger charge is -2.17. The van der Waals surface area contributed by atoms with Crippen molar-refractivity contribution in [1.29, 1.82) is 0 Å². The van der Waals surface area contributed by atoms with Crippen molar-refractivity contribution >= 4 is 68.8 Å². The van der Waals surface area contributed by atoms with Crippen molar-refractivity contribution in [3.05, 3.63) is 111 Å². The summed E-state index contributed by atoms with van der Waals surface area (Å²) in [5, 5.41) is 3.95. The first kappa shape index (κ1) is 21.2. The summed E-state index contributed by atoms with van der Waals surface area (Å²) in [6, 6.07) is 26.5. The van der Waals surface area contributed by atoms with E-state index in [-0.39, 0.29) is 0 Å². The fourth-order valence-corrected chi connectivity index (χ4v) is 6.13. The molecule has 2 nitrogen and oxygen atoms in total. The van der Waals surface area contributed by atoms with E-state index in [9.17, 15) is 4.57 Å². The van der Waals surface area contributed by atoms with Crippen molar-refractivity contribution in [3.63, 3.8) is 0 Å². The smallest absolute Gasteiger partial charge is 0.216 e. The van der Waals surface area contributed by atoms with Crippen molar-refractivity contribution in [1.82, 2.24) is 0 Å². The topological polar surface area (TPSA) is 29.1 Å². The van der Waals surface area contributed by atoms with Gasteiger partial charge in [-0.2, -0.15) is 0 Å². The van der Waals surface area contributed by atoms with Crippen LogP contribution in [0.25, 0.3) is 10.1 Å². The van der Waals surface area contributed by atoms with Gasteiger partial charge in [-0.05, 0) is 45.9 Å². The summed E-state index contributed by atoms with van der Waals surface area (Å²) in [4.78, 5) is 0. The number of hydrogen-bond donors (Lipinski definition) is 1. The molecule has 3 aromatic carbocycles. The van der Waals surface area contributed by atoms with Gasteiger partial charge in [-0.1, -0.05) is 96.0 Å². The number of benzene rings is 3. The Morgan fingerprint density at radius 3 is 1.64 bits per heavy atom. The Bertz CT molecular complexity index is 993. The van der Waals surface area contributed by atoms with Crippen LogP contribution >= 0.6 is 53.1 Å². The molecule has 0 aliphatic heterocycles. The molecule has 0 fully saturated rings. The third-order valence-electron chi connectivity index (χ3n) is 3.88. The maximum atomic E-state index is 13.9. The van der Waals surface area contributed by atoms with Crippen molar-refractivity contribution in [2.24, 2.45) is 0 Å². The Hall–Kier alpha value is -1.52. The number of rotatable bonds is 6. The van der Waals surface area contributed by atoms with Gasteiger partial charge in [0, 0.05) is 15.2 Å². The summed E-state index contributed by atoms with van der Waals surface area (Å²) in [5.41, 5.74) is 2.34. The van der Waals surface area contributed by atoms with E-state index in [1.807, 2.05) is 84.9 Å². The highest BCUT2D eigenvalue weighted by atomic mass is 127. The molecule has 142 valence electrons. The highest BCUT2D eigenvalue weighted by Crippen LogP contribution is 2.54. The summed E-state index contributed by atoms with van der Waals surface area (Å²) in [5.74, 6) is 3.11. The van der Waals surface area contributed by atoms with Gasteiger partial charge in [0.25, 0.3) is 0 Å². The first-order valence-corrected chi connectivity index (χ1v) is 12.1.